The Morgan fingerprint density at radius 3 is 1.33 bits per heavy atom. The molecule has 60 heavy (non-hydrogen) atoms. The van der Waals surface area contributed by atoms with E-state index in [1.54, 1.807) is 6.08 Å². The number of amides is 1. The maximum absolute atomic E-state index is 12.9. The number of nitrogens with one attached hydrogen (secondary N) is 1. The molecular formula is C51H98N2O6P+. The largest absolute Gasteiger partial charge is 0.472 e. The highest BCUT2D eigenvalue weighted by Gasteiger charge is 2.27. The monoisotopic (exact) mass is 866 g/mol. The van der Waals surface area contributed by atoms with E-state index in [2.05, 4.69) is 55.6 Å². The Kier molecular flexibility index (Phi) is 41.6. The molecule has 352 valence electrons. The van der Waals surface area contributed by atoms with E-state index < -0.39 is 20.0 Å². The Bertz CT molecular complexity index is 1120. The van der Waals surface area contributed by atoms with Gasteiger partial charge in [-0.1, -0.05) is 191 Å². The zero-order chi connectivity index (χ0) is 44.3. The molecule has 0 aromatic heterocycles. The van der Waals surface area contributed by atoms with Crippen LogP contribution in [0.25, 0.3) is 0 Å². The summed E-state index contributed by atoms with van der Waals surface area (Å²) in [6, 6.07) is -0.874. The number of carbonyl (C=O) groups is 1. The Balaban J connectivity index is 4.39. The number of aliphatic hydroxyl groups is 1. The van der Waals surface area contributed by atoms with Crippen LogP contribution >= 0.6 is 7.82 Å². The number of likely N-dealkylation sites (N-methyl/N-ethyl adjacent to an activating group) is 1. The highest BCUT2D eigenvalue weighted by Crippen LogP contribution is 2.43. The second-order valence-corrected chi connectivity index (χ2v) is 19.6. The van der Waals surface area contributed by atoms with E-state index in [0.717, 1.165) is 57.8 Å². The van der Waals surface area contributed by atoms with Gasteiger partial charge in [0.25, 0.3) is 0 Å². The Labute approximate surface area is 371 Å². The van der Waals surface area contributed by atoms with E-state index in [9.17, 15) is 19.4 Å². The molecular weight excluding hydrogens is 768 g/mol. The number of phosphoric ester groups is 1. The van der Waals surface area contributed by atoms with Crippen LogP contribution in [0.15, 0.2) is 48.6 Å². The van der Waals surface area contributed by atoms with Crippen molar-refractivity contribution in [3.05, 3.63) is 48.6 Å². The number of allylic oxidation sites excluding steroid dienone is 7. The second-order valence-electron chi connectivity index (χ2n) is 18.2. The number of phosphoric acid groups is 1. The van der Waals surface area contributed by atoms with Gasteiger partial charge in [0, 0.05) is 6.42 Å². The number of quaternary nitrogens is 1. The van der Waals surface area contributed by atoms with Gasteiger partial charge in [0.15, 0.2) is 0 Å². The second kappa shape index (κ2) is 42.7. The van der Waals surface area contributed by atoms with E-state index in [-0.39, 0.29) is 19.1 Å². The molecule has 0 spiro atoms. The smallest absolute Gasteiger partial charge is 0.387 e. The lowest BCUT2D eigenvalue weighted by molar-refractivity contribution is -0.870. The van der Waals surface area contributed by atoms with Crippen molar-refractivity contribution >= 4 is 13.7 Å². The lowest BCUT2D eigenvalue weighted by atomic mass is 10.0. The zero-order valence-electron chi connectivity index (χ0n) is 39.9. The van der Waals surface area contributed by atoms with Gasteiger partial charge < -0.3 is 19.8 Å². The maximum Gasteiger partial charge on any atom is 0.472 e. The molecule has 0 radical (unpaired) electrons. The van der Waals surface area contributed by atoms with Crippen molar-refractivity contribution in [3.8, 4) is 0 Å². The minimum Gasteiger partial charge on any atom is -0.387 e. The summed E-state index contributed by atoms with van der Waals surface area (Å²) in [6.45, 7) is 4.77. The first-order chi connectivity index (χ1) is 29.0. The topological polar surface area (TPSA) is 105 Å². The lowest BCUT2D eigenvalue weighted by Crippen LogP contribution is -2.45. The van der Waals surface area contributed by atoms with Gasteiger partial charge in [0.2, 0.25) is 5.91 Å². The number of aliphatic hydroxyl groups excluding tert-OH is 1. The first kappa shape index (κ1) is 58.5. The maximum atomic E-state index is 12.9. The molecule has 0 aliphatic carbocycles. The molecule has 0 rings (SSSR count). The quantitative estimate of drug-likeness (QED) is 0.0244. The van der Waals surface area contributed by atoms with Gasteiger partial charge in [-0.2, -0.15) is 0 Å². The fourth-order valence-electron chi connectivity index (χ4n) is 7.01. The van der Waals surface area contributed by atoms with Crippen molar-refractivity contribution in [1.29, 1.82) is 0 Å². The first-order valence-corrected chi connectivity index (χ1v) is 26.5. The summed E-state index contributed by atoms with van der Waals surface area (Å²) in [4.78, 5) is 23.1. The molecule has 0 fully saturated rings. The predicted molar refractivity (Wildman–Crippen MR) is 258 cm³/mol. The molecule has 8 nitrogen and oxygen atoms in total. The molecule has 3 N–H and O–H groups in total. The third kappa shape index (κ3) is 44.5. The highest BCUT2D eigenvalue weighted by atomic mass is 31.2. The minimum absolute atomic E-state index is 0.0511. The van der Waals surface area contributed by atoms with Crippen molar-refractivity contribution in [1.82, 2.24) is 5.32 Å². The number of hydrogen-bond acceptors (Lipinski definition) is 5. The van der Waals surface area contributed by atoms with Crippen LogP contribution in [0.2, 0.25) is 0 Å². The summed E-state index contributed by atoms with van der Waals surface area (Å²) in [5, 5.41) is 13.8. The van der Waals surface area contributed by atoms with E-state index in [1.807, 2.05) is 27.2 Å². The van der Waals surface area contributed by atoms with Crippen LogP contribution in [0.1, 0.15) is 219 Å². The summed E-state index contributed by atoms with van der Waals surface area (Å²) >= 11 is 0. The first-order valence-electron chi connectivity index (χ1n) is 25.0. The fourth-order valence-corrected chi connectivity index (χ4v) is 7.74. The number of unbranched alkanes of at least 4 members (excludes halogenated alkanes) is 26. The van der Waals surface area contributed by atoms with Crippen LogP contribution in [-0.4, -0.2) is 73.4 Å². The van der Waals surface area contributed by atoms with Gasteiger partial charge in [0.1, 0.15) is 13.2 Å². The van der Waals surface area contributed by atoms with Crippen molar-refractivity contribution < 1.29 is 32.9 Å². The minimum atomic E-state index is -4.35. The average Bonchev–Trinajstić information content (AvgIpc) is 3.20. The molecule has 0 saturated heterocycles. The molecule has 0 bridgehead atoms. The van der Waals surface area contributed by atoms with Crippen LogP contribution in [-0.2, 0) is 18.4 Å². The predicted octanol–water partition coefficient (Wildman–Crippen LogP) is 14.4. The summed E-state index contributed by atoms with van der Waals surface area (Å²) in [6.07, 6.45) is 54.9. The lowest BCUT2D eigenvalue weighted by Gasteiger charge is -2.25. The molecule has 0 saturated carbocycles. The average molecular weight is 866 g/mol. The van der Waals surface area contributed by atoms with Crippen molar-refractivity contribution in [2.24, 2.45) is 0 Å². The number of carbonyl (C=O) groups excluding carboxylic acids is 1. The van der Waals surface area contributed by atoms with E-state index in [0.29, 0.717) is 17.4 Å². The molecule has 1 amide bonds. The summed E-state index contributed by atoms with van der Waals surface area (Å²) in [5.41, 5.74) is 0. The normalized spacial score (nSPS) is 14.6. The van der Waals surface area contributed by atoms with Crippen molar-refractivity contribution in [2.75, 3.05) is 40.9 Å². The van der Waals surface area contributed by atoms with Crippen molar-refractivity contribution in [2.45, 2.75) is 231 Å². The SMILES string of the molecule is CCCCCCC/C=C\CCCCCCCC(=O)NC(COP(=O)(O)OCC[N+](C)(C)C)C(O)/C=C/CC/C=C/CC/C=C/CCCCCCCCCCCCCCCC. The van der Waals surface area contributed by atoms with Crippen molar-refractivity contribution in [3.63, 3.8) is 0 Å². The molecule has 0 aromatic rings. The summed E-state index contributed by atoms with van der Waals surface area (Å²) < 4.78 is 23.6. The highest BCUT2D eigenvalue weighted by molar-refractivity contribution is 7.47. The third-order valence-electron chi connectivity index (χ3n) is 11.0. The molecule has 3 atom stereocenters. The van der Waals surface area contributed by atoms with E-state index >= 15 is 0 Å². The zero-order valence-corrected chi connectivity index (χ0v) is 40.8. The van der Waals surface area contributed by atoms with E-state index in [4.69, 9.17) is 9.05 Å². The van der Waals surface area contributed by atoms with Gasteiger partial charge in [-0.25, -0.2) is 4.57 Å². The molecule has 3 unspecified atom stereocenters. The Morgan fingerprint density at radius 2 is 0.917 bits per heavy atom. The third-order valence-corrected chi connectivity index (χ3v) is 12.0. The number of rotatable bonds is 45. The van der Waals surface area contributed by atoms with Crippen LogP contribution in [0, 0.1) is 0 Å². The van der Waals surface area contributed by atoms with Gasteiger partial charge >= 0.3 is 7.82 Å². The molecule has 0 aliphatic heterocycles. The summed E-state index contributed by atoms with van der Waals surface area (Å²) in [7, 11) is 1.54. The molecule has 0 aliphatic rings. The number of hydrogen-bond donors (Lipinski definition) is 3. The standard InChI is InChI=1S/C51H97N2O6P/c1-6-8-10-12-14-16-18-20-22-23-24-25-26-27-28-29-30-31-32-34-36-38-40-42-44-50(54)49(48-59-60(56,57)58-47-46-53(3,4)5)52-51(55)45-43-41-39-37-35-33-21-19-17-15-13-11-9-7-2/h19,21,29-30,34,36,42,44,49-50,54H,6-18,20,22-28,31-33,35,37-41,43,45-48H2,1-5H3,(H-,52,55,56,57)/p+1/b21-19-,30-29+,36-34+,44-42+. The number of nitrogens with zero attached hydrogens (tertiary/aromatic N) is 1. The Hall–Kier alpha value is -1.54. The van der Waals surface area contributed by atoms with Gasteiger partial charge in [-0.3, -0.25) is 13.8 Å². The molecule has 0 heterocycles. The molecule has 0 aromatic carbocycles. The van der Waals surface area contributed by atoms with Crippen LogP contribution in [0.5, 0.6) is 0 Å². The van der Waals surface area contributed by atoms with Crippen LogP contribution in [0.4, 0.5) is 0 Å². The van der Waals surface area contributed by atoms with Crippen LogP contribution < -0.4 is 5.32 Å². The van der Waals surface area contributed by atoms with E-state index in [1.165, 1.54) is 141 Å². The van der Waals surface area contributed by atoms with Gasteiger partial charge in [-0.15, -0.1) is 0 Å². The fraction of sp³-hybridized carbons (Fsp3) is 0.824. The molecule has 9 heteroatoms. The Morgan fingerprint density at radius 1 is 0.550 bits per heavy atom. The van der Waals surface area contributed by atoms with Crippen LogP contribution in [0.3, 0.4) is 0 Å². The van der Waals surface area contributed by atoms with Gasteiger partial charge in [0.05, 0.1) is 39.9 Å². The summed E-state index contributed by atoms with van der Waals surface area (Å²) in [5.74, 6) is -0.201. The van der Waals surface area contributed by atoms with Gasteiger partial charge in [-0.05, 0) is 70.6 Å².